The molecule has 0 saturated carbocycles. The zero-order valence-corrected chi connectivity index (χ0v) is 6.86. The van der Waals surface area contributed by atoms with Gasteiger partial charge in [-0.2, -0.15) is 9.90 Å². The molecule has 0 saturated heterocycles. The van der Waals surface area contributed by atoms with E-state index in [9.17, 15) is 0 Å². The molecular weight excluding hydrogens is 145 g/mol. The predicted molar refractivity (Wildman–Crippen MR) is 19.1 cm³/mol. The summed E-state index contributed by atoms with van der Waals surface area (Å²) in [4.78, 5) is 0. The summed E-state index contributed by atoms with van der Waals surface area (Å²) in [6.07, 6.45) is 0. The van der Waals surface area contributed by atoms with Crippen LogP contribution in [0, 0.1) is 0 Å². The van der Waals surface area contributed by atoms with Gasteiger partial charge in [0, 0.05) is 17.1 Å². The molecule has 0 heterocycles. The first-order valence-electron chi connectivity index (χ1n) is 0. The van der Waals surface area contributed by atoms with Gasteiger partial charge in [0.2, 0.25) is 0 Å². The smallest absolute Gasteiger partial charge is 1.00 e. The third-order valence-corrected chi connectivity index (χ3v) is 0. The van der Waals surface area contributed by atoms with Crippen LogP contribution in [0.3, 0.4) is 0 Å². The summed E-state index contributed by atoms with van der Waals surface area (Å²) in [7, 11) is 0. The van der Waals surface area contributed by atoms with Crippen LogP contribution in [-0.4, -0.2) is 23.1 Å². The van der Waals surface area contributed by atoms with Gasteiger partial charge < -0.3 is 7.56 Å². The van der Waals surface area contributed by atoms with E-state index in [2.05, 4.69) is 0 Å². The summed E-state index contributed by atoms with van der Waals surface area (Å²) in [6, 6.07) is 0. The van der Waals surface area contributed by atoms with Crippen molar-refractivity contribution in [3.05, 3.63) is 0 Å². The average Bonchev–Trinajstić information content (AvgIpc) is 0. The van der Waals surface area contributed by atoms with Crippen LogP contribution < -0.4 is 23.6 Å². The minimum atomic E-state index is 0. The number of hydrogen-bond acceptors (Lipinski definition) is 0. The Bertz CT molecular complexity index is 17.7. The van der Waals surface area contributed by atoms with E-state index < -0.39 is 0 Å². The summed E-state index contributed by atoms with van der Waals surface area (Å²) in [5.74, 6) is 0. The van der Waals surface area contributed by atoms with E-state index in [1.165, 1.54) is 0 Å². The Morgan fingerprint density at radius 1 is 1.20 bits per heavy atom. The van der Waals surface area contributed by atoms with Crippen molar-refractivity contribution >= 4 is 33.0 Å². The maximum Gasteiger partial charge on any atom is 2.00 e. The predicted octanol–water partition coefficient (Wildman–Crippen LogP) is -6.09. The second-order valence-electron chi connectivity index (χ2n) is 0. The Morgan fingerprint density at radius 3 is 1.20 bits per heavy atom. The van der Waals surface area contributed by atoms with Crippen LogP contribution in [0.4, 0.5) is 0 Å². The van der Waals surface area contributed by atoms with Crippen molar-refractivity contribution in [2.24, 2.45) is 0 Å². The first-order valence-corrected chi connectivity index (χ1v) is 0. The number of hydrogen-bond donors (Lipinski definition) is 0. The molecule has 0 amide bonds. The molecule has 1 atom stereocenters. The topological polar surface area (TPSA) is 0 Å². The molecule has 1 radical (unpaired) electrons. The maximum absolute atomic E-state index is 0. The van der Waals surface area contributed by atoms with Crippen LogP contribution in [0.2, 0.25) is 0 Å². The molecule has 0 aromatic rings. The van der Waals surface area contributed by atoms with Gasteiger partial charge in [-0.15, -0.1) is 0 Å². The van der Waals surface area contributed by atoms with Crippen molar-refractivity contribution in [3.8, 4) is 0 Å². The van der Waals surface area contributed by atoms with E-state index in [-0.39, 0.29) is 76.4 Å². The largest absolute Gasteiger partial charge is 2.00 e. The van der Waals surface area contributed by atoms with Gasteiger partial charge in [-0.1, -0.05) is 0 Å². The summed E-state index contributed by atoms with van der Waals surface area (Å²) in [6.45, 7) is 0. The van der Waals surface area contributed by atoms with Gasteiger partial charge in [-0.3, -0.25) is 0 Å². The van der Waals surface area contributed by atoms with E-state index in [1.54, 1.807) is 0 Å². The van der Waals surface area contributed by atoms with Crippen LogP contribution in [0.5, 0.6) is 0 Å². The quantitative estimate of drug-likeness (QED) is 0.238. The van der Waals surface area contributed by atoms with Gasteiger partial charge in [0.1, 0.15) is 0 Å². The van der Waals surface area contributed by atoms with E-state index in [0.29, 0.717) is 0 Å². The molecule has 0 aliphatic heterocycles. The Balaban J connectivity index is 0. The molecule has 0 aliphatic rings. The van der Waals surface area contributed by atoms with Crippen LogP contribution in [0.25, 0.3) is 0 Å². The van der Waals surface area contributed by atoms with E-state index in [0.717, 1.165) is 0 Å². The molecule has 31 valence electrons. The molecule has 0 aromatic carbocycles. The molecule has 0 spiro atoms. The van der Waals surface area contributed by atoms with Gasteiger partial charge >= 0.3 is 41.9 Å². The summed E-state index contributed by atoms with van der Waals surface area (Å²) >= 11 is 0. The Kier molecular flexibility index (Phi) is 383. The molecule has 5 heteroatoms. The fourth-order valence-corrected chi connectivity index (χ4v) is 0. The third kappa shape index (κ3) is 22.3. The molecule has 0 aromatic heterocycles. The van der Waals surface area contributed by atoms with Crippen molar-refractivity contribution in [1.29, 1.82) is 0 Å². The third-order valence-electron chi connectivity index (χ3n) is 0. The van der Waals surface area contributed by atoms with Gasteiger partial charge in [0.05, 0.1) is 0 Å². The normalized spacial score (nSPS) is 0. The second-order valence-corrected chi connectivity index (χ2v) is 0. The van der Waals surface area contributed by atoms with Crippen LogP contribution in [0.15, 0.2) is 0 Å². The summed E-state index contributed by atoms with van der Waals surface area (Å²) < 4.78 is 0. The molecule has 0 nitrogen and oxygen atoms in total. The molecule has 0 bridgehead atoms. The number of halogens is 1. The van der Waals surface area contributed by atoms with Crippen molar-refractivity contribution in [1.82, 2.24) is 0 Å². The molecule has 1 unspecified atom stereocenters. The number of rotatable bonds is 0. The Hall–Kier alpha value is 2.24. The fraction of sp³-hybridized carbons (Fsp3) is 0. The van der Waals surface area contributed by atoms with Gasteiger partial charge in [0.25, 0.3) is 0 Å². The molecule has 0 N–H and O–H groups in total. The molecule has 0 rings (SSSR count). The minimum absolute atomic E-state index is 0. The second kappa shape index (κ2) is 34.1. The van der Waals surface area contributed by atoms with E-state index in [4.69, 9.17) is 0 Å². The zero-order valence-electron chi connectivity index (χ0n) is 5.09. The molecule has 0 fully saturated rings. The van der Waals surface area contributed by atoms with Crippen molar-refractivity contribution in [3.63, 3.8) is 0 Å². The standard InChI is InChI=1S/Cu.FH.Li.Mg.H3P.2H/h;1H;;;1H3;;/q;;+1;+2;;2*-1/p-1. The molecule has 5 heavy (non-hydrogen) atoms. The van der Waals surface area contributed by atoms with Crippen LogP contribution in [0.1, 0.15) is 2.85 Å². The van der Waals surface area contributed by atoms with Gasteiger partial charge in [0.15, 0.2) is 0 Å². The monoisotopic (exact) mass is 149 g/mol. The zero-order chi connectivity index (χ0) is 0. The van der Waals surface area contributed by atoms with Crippen LogP contribution >= 0.6 is 9.90 Å². The van der Waals surface area contributed by atoms with Crippen molar-refractivity contribution < 1.29 is 43.5 Å². The first kappa shape index (κ1) is 56.1. The van der Waals surface area contributed by atoms with Gasteiger partial charge in [-0.05, 0) is 0 Å². The van der Waals surface area contributed by atoms with Gasteiger partial charge in [-0.25, -0.2) is 0 Å². The summed E-state index contributed by atoms with van der Waals surface area (Å²) in [5.41, 5.74) is 0. The van der Waals surface area contributed by atoms with Crippen LogP contribution in [-0.2, 0) is 17.1 Å². The average molecular weight is 150 g/mol. The molecular formula is H5CuFLiMgP. The van der Waals surface area contributed by atoms with Crippen molar-refractivity contribution in [2.45, 2.75) is 0 Å². The first-order chi connectivity index (χ1) is 0. The summed E-state index contributed by atoms with van der Waals surface area (Å²) in [5, 5.41) is 0. The Morgan fingerprint density at radius 2 is 1.20 bits per heavy atom. The maximum atomic E-state index is 0. The van der Waals surface area contributed by atoms with E-state index >= 15 is 0 Å². The van der Waals surface area contributed by atoms with E-state index in [1.807, 2.05) is 0 Å². The molecule has 0 aliphatic carbocycles. The Labute approximate surface area is 76.0 Å². The van der Waals surface area contributed by atoms with Crippen molar-refractivity contribution in [2.75, 3.05) is 0 Å². The fourth-order valence-electron chi connectivity index (χ4n) is 0. The minimum Gasteiger partial charge on any atom is -1.00 e. The SMILES string of the molecule is P.[Cu].[F-].[H-].[H-].[Li+].[Mg+2].